The van der Waals surface area contributed by atoms with Gasteiger partial charge in [-0.2, -0.15) is 0 Å². The molecule has 1 atom stereocenters. The molecular weight excluding hydrogens is 326 g/mol. The van der Waals surface area contributed by atoms with Crippen molar-refractivity contribution in [3.8, 4) is 0 Å². The van der Waals surface area contributed by atoms with E-state index in [1.165, 1.54) is 64.2 Å². The van der Waals surface area contributed by atoms with Crippen LogP contribution in [0.5, 0.6) is 0 Å². The van der Waals surface area contributed by atoms with Gasteiger partial charge in [-0.3, -0.25) is 4.79 Å². The van der Waals surface area contributed by atoms with Crippen LogP contribution in [0, 0.1) is 0 Å². The van der Waals surface area contributed by atoms with Crippen LogP contribution in [0.3, 0.4) is 0 Å². The van der Waals surface area contributed by atoms with Crippen molar-refractivity contribution in [3.63, 3.8) is 0 Å². The molecule has 0 bridgehead atoms. The molecule has 0 aromatic carbocycles. The molecule has 4 heteroatoms. The van der Waals surface area contributed by atoms with Gasteiger partial charge in [-0.15, -0.1) is 0 Å². The highest BCUT2D eigenvalue weighted by atomic mass is 16.5. The number of ether oxygens (including phenoxy) is 1. The zero-order chi connectivity index (χ0) is 19.5. The van der Waals surface area contributed by atoms with Crippen LogP contribution in [-0.4, -0.2) is 24.5 Å². The number of rotatable bonds is 18. The number of esters is 1. The van der Waals surface area contributed by atoms with Gasteiger partial charge in [0.05, 0.1) is 6.61 Å². The van der Waals surface area contributed by atoms with E-state index >= 15 is 0 Å². The van der Waals surface area contributed by atoms with Crippen molar-refractivity contribution >= 4 is 11.9 Å². The molecule has 1 N–H and O–H groups in total. The molecule has 0 saturated heterocycles. The number of hydrogen-bond acceptors (Lipinski definition) is 3. The normalized spacial score (nSPS) is 12.0. The molecule has 0 aliphatic carbocycles. The standard InChI is InChI=1S/C22H43NO3/c1-4-6-8-9-10-11-12-13-14-15-16-17-19-26-22(25)20(3)23-21(24)18-7-5-2/h20H,4-19H2,1-3H3,(H,23,24). The Morgan fingerprint density at radius 1 is 0.731 bits per heavy atom. The first kappa shape index (κ1) is 24.9. The summed E-state index contributed by atoms with van der Waals surface area (Å²) in [7, 11) is 0. The highest BCUT2D eigenvalue weighted by Gasteiger charge is 2.16. The van der Waals surface area contributed by atoms with Gasteiger partial charge in [0, 0.05) is 6.42 Å². The van der Waals surface area contributed by atoms with Gasteiger partial charge in [0.1, 0.15) is 6.04 Å². The van der Waals surface area contributed by atoms with Gasteiger partial charge in [-0.1, -0.05) is 90.9 Å². The van der Waals surface area contributed by atoms with Crippen molar-refractivity contribution in [1.82, 2.24) is 5.32 Å². The Bertz CT molecular complexity index is 344. The largest absolute Gasteiger partial charge is 0.464 e. The Hall–Kier alpha value is -1.06. The second-order valence-corrected chi connectivity index (χ2v) is 7.45. The van der Waals surface area contributed by atoms with Crippen LogP contribution in [0.25, 0.3) is 0 Å². The summed E-state index contributed by atoms with van der Waals surface area (Å²) in [6.45, 7) is 6.45. The van der Waals surface area contributed by atoms with Crippen LogP contribution in [0.1, 0.15) is 117 Å². The van der Waals surface area contributed by atoms with E-state index in [2.05, 4.69) is 12.2 Å². The summed E-state index contributed by atoms with van der Waals surface area (Å²) in [4.78, 5) is 23.4. The van der Waals surface area contributed by atoms with Crippen molar-refractivity contribution in [1.29, 1.82) is 0 Å². The Labute approximate surface area is 161 Å². The molecule has 1 amide bonds. The first-order valence-corrected chi connectivity index (χ1v) is 11.1. The second kappa shape index (κ2) is 18.7. The predicted molar refractivity (Wildman–Crippen MR) is 109 cm³/mol. The molecule has 0 rings (SSSR count). The van der Waals surface area contributed by atoms with E-state index in [-0.39, 0.29) is 11.9 Å². The lowest BCUT2D eigenvalue weighted by Gasteiger charge is -2.13. The van der Waals surface area contributed by atoms with Crippen LogP contribution in [0.4, 0.5) is 0 Å². The highest BCUT2D eigenvalue weighted by Crippen LogP contribution is 2.12. The molecule has 0 aliphatic rings. The maximum atomic E-state index is 11.8. The van der Waals surface area contributed by atoms with Crippen molar-refractivity contribution in [2.75, 3.05) is 6.61 Å². The third kappa shape index (κ3) is 16.4. The van der Waals surface area contributed by atoms with Crippen LogP contribution < -0.4 is 5.32 Å². The smallest absolute Gasteiger partial charge is 0.328 e. The lowest BCUT2D eigenvalue weighted by molar-refractivity contribution is -0.147. The van der Waals surface area contributed by atoms with Gasteiger partial charge < -0.3 is 10.1 Å². The number of nitrogens with one attached hydrogen (secondary N) is 1. The number of unbranched alkanes of at least 4 members (excludes halogenated alkanes) is 12. The number of carbonyl (C=O) groups excluding carboxylic acids is 2. The second-order valence-electron chi connectivity index (χ2n) is 7.45. The molecule has 0 aliphatic heterocycles. The SMILES string of the molecule is CCCCCCCCCCCCCCOC(=O)C(C)NC(=O)CCCC. The average molecular weight is 370 g/mol. The maximum Gasteiger partial charge on any atom is 0.328 e. The minimum atomic E-state index is -0.545. The Kier molecular flexibility index (Phi) is 18.0. The van der Waals surface area contributed by atoms with E-state index in [1.54, 1.807) is 6.92 Å². The summed E-state index contributed by atoms with van der Waals surface area (Å²) in [5.41, 5.74) is 0. The number of carbonyl (C=O) groups is 2. The van der Waals surface area contributed by atoms with Crippen molar-refractivity contribution in [2.45, 2.75) is 123 Å². The topological polar surface area (TPSA) is 55.4 Å². The lowest BCUT2D eigenvalue weighted by Crippen LogP contribution is -2.39. The summed E-state index contributed by atoms with van der Waals surface area (Å²) in [6, 6.07) is -0.545. The van der Waals surface area contributed by atoms with Crippen LogP contribution in [-0.2, 0) is 14.3 Å². The van der Waals surface area contributed by atoms with E-state index in [9.17, 15) is 9.59 Å². The van der Waals surface area contributed by atoms with Crippen molar-refractivity contribution < 1.29 is 14.3 Å². The van der Waals surface area contributed by atoms with Gasteiger partial charge in [0.15, 0.2) is 0 Å². The van der Waals surface area contributed by atoms with E-state index in [0.717, 1.165) is 25.7 Å². The van der Waals surface area contributed by atoms with E-state index in [4.69, 9.17) is 4.74 Å². The zero-order valence-electron chi connectivity index (χ0n) is 17.6. The Morgan fingerprint density at radius 2 is 1.19 bits per heavy atom. The summed E-state index contributed by atoms with van der Waals surface area (Å²) in [6.07, 6.45) is 17.8. The van der Waals surface area contributed by atoms with Gasteiger partial charge in [-0.05, 0) is 19.8 Å². The zero-order valence-corrected chi connectivity index (χ0v) is 17.6. The minimum Gasteiger partial charge on any atom is -0.464 e. The first-order chi connectivity index (χ1) is 12.6. The van der Waals surface area contributed by atoms with Gasteiger partial charge >= 0.3 is 5.97 Å². The molecule has 0 saturated carbocycles. The molecule has 4 nitrogen and oxygen atoms in total. The molecule has 0 fully saturated rings. The van der Waals surface area contributed by atoms with Crippen molar-refractivity contribution in [2.24, 2.45) is 0 Å². The van der Waals surface area contributed by atoms with Crippen LogP contribution >= 0.6 is 0 Å². The Balaban J connectivity index is 3.38. The van der Waals surface area contributed by atoms with Gasteiger partial charge in [-0.25, -0.2) is 4.79 Å². The minimum absolute atomic E-state index is 0.0679. The molecule has 154 valence electrons. The first-order valence-electron chi connectivity index (χ1n) is 11.1. The molecule has 1 unspecified atom stereocenters. The van der Waals surface area contributed by atoms with E-state index in [1.807, 2.05) is 6.92 Å². The average Bonchev–Trinajstić information content (AvgIpc) is 2.63. The van der Waals surface area contributed by atoms with Gasteiger partial charge in [0.2, 0.25) is 5.91 Å². The van der Waals surface area contributed by atoms with E-state index < -0.39 is 6.04 Å². The van der Waals surface area contributed by atoms with E-state index in [0.29, 0.717) is 13.0 Å². The molecule has 0 aromatic rings. The molecule has 26 heavy (non-hydrogen) atoms. The maximum absolute atomic E-state index is 11.8. The van der Waals surface area contributed by atoms with Gasteiger partial charge in [0.25, 0.3) is 0 Å². The Morgan fingerprint density at radius 3 is 1.69 bits per heavy atom. The number of hydrogen-bond donors (Lipinski definition) is 1. The molecular formula is C22H43NO3. The number of amides is 1. The van der Waals surface area contributed by atoms with Crippen LogP contribution in [0.2, 0.25) is 0 Å². The molecule has 0 aromatic heterocycles. The summed E-state index contributed by atoms with van der Waals surface area (Å²) < 4.78 is 5.25. The monoisotopic (exact) mass is 369 g/mol. The quantitative estimate of drug-likeness (QED) is 0.241. The summed E-state index contributed by atoms with van der Waals surface area (Å²) in [5.74, 6) is -0.389. The molecule has 0 spiro atoms. The third-order valence-corrected chi connectivity index (χ3v) is 4.73. The molecule has 0 heterocycles. The van der Waals surface area contributed by atoms with Crippen LogP contribution in [0.15, 0.2) is 0 Å². The van der Waals surface area contributed by atoms with Crippen molar-refractivity contribution in [3.05, 3.63) is 0 Å². The highest BCUT2D eigenvalue weighted by molar-refractivity contribution is 5.84. The fourth-order valence-corrected chi connectivity index (χ4v) is 2.95. The summed E-state index contributed by atoms with van der Waals surface area (Å²) >= 11 is 0. The predicted octanol–water partition coefficient (Wildman–Crippen LogP) is 5.93. The lowest BCUT2D eigenvalue weighted by atomic mass is 10.1. The summed E-state index contributed by atoms with van der Waals surface area (Å²) in [5, 5.41) is 2.70. The fraction of sp³-hybridized carbons (Fsp3) is 0.909. The molecule has 0 radical (unpaired) electrons. The fourth-order valence-electron chi connectivity index (χ4n) is 2.95. The third-order valence-electron chi connectivity index (χ3n) is 4.73.